The number of phenols is 1. The van der Waals surface area contributed by atoms with Crippen LogP contribution in [0.4, 0.5) is 0 Å². The largest absolute Gasteiger partial charge is 0.508 e. The molecule has 0 bridgehead atoms. The van der Waals surface area contributed by atoms with Crippen molar-refractivity contribution < 1.29 is 5.11 Å². The van der Waals surface area contributed by atoms with Crippen LogP contribution in [0.15, 0.2) is 18.2 Å². The molecule has 3 rings (SSSR count). The van der Waals surface area contributed by atoms with Crippen molar-refractivity contribution in [2.75, 3.05) is 13.1 Å². The molecule has 0 amide bonds. The van der Waals surface area contributed by atoms with Gasteiger partial charge in [-0.2, -0.15) is 0 Å². The second-order valence-electron chi connectivity index (χ2n) is 3.85. The van der Waals surface area contributed by atoms with E-state index in [0.29, 0.717) is 5.75 Å². The van der Waals surface area contributed by atoms with Gasteiger partial charge in [-0.1, -0.05) is 0 Å². The number of benzene rings is 1. The summed E-state index contributed by atoms with van der Waals surface area (Å²) in [5.41, 5.74) is 2.01. The maximum Gasteiger partial charge on any atom is 0.117 e. The number of aromatic nitrogens is 2. The third-order valence-electron chi connectivity index (χ3n) is 2.85. The molecule has 0 saturated carbocycles. The predicted octanol–water partition coefficient (Wildman–Crippen LogP) is 0.888. The first-order chi connectivity index (χ1) is 7.34. The SMILES string of the molecule is Oc1ccc2nc3n(c2c1)CCNCC3. The van der Waals surface area contributed by atoms with Crippen LogP contribution in [0.2, 0.25) is 0 Å². The summed E-state index contributed by atoms with van der Waals surface area (Å²) in [4.78, 5) is 4.57. The van der Waals surface area contributed by atoms with Crippen LogP contribution in [0.1, 0.15) is 5.82 Å². The summed E-state index contributed by atoms with van der Waals surface area (Å²) in [6.45, 7) is 2.87. The molecule has 0 unspecified atom stereocenters. The Morgan fingerprint density at radius 3 is 3.20 bits per heavy atom. The van der Waals surface area contributed by atoms with E-state index in [4.69, 9.17) is 0 Å². The molecule has 1 aromatic carbocycles. The summed E-state index contributed by atoms with van der Waals surface area (Å²) in [6, 6.07) is 5.35. The summed E-state index contributed by atoms with van der Waals surface area (Å²) in [7, 11) is 0. The Morgan fingerprint density at radius 2 is 2.27 bits per heavy atom. The zero-order chi connectivity index (χ0) is 10.3. The topological polar surface area (TPSA) is 50.1 Å². The first-order valence-corrected chi connectivity index (χ1v) is 5.23. The molecule has 2 N–H and O–H groups in total. The number of hydrogen-bond donors (Lipinski definition) is 2. The summed E-state index contributed by atoms with van der Waals surface area (Å²) < 4.78 is 2.19. The minimum atomic E-state index is 0.308. The molecule has 1 aliphatic heterocycles. The van der Waals surface area contributed by atoms with Crippen molar-refractivity contribution >= 4 is 11.0 Å². The molecule has 4 heteroatoms. The molecule has 0 fully saturated rings. The molecule has 0 aliphatic carbocycles. The summed E-state index contributed by atoms with van der Waals surface area (Å²) in [6.07, 6.45) is 0.954. The average molecular weight is 203 g/mol. The van der Waals surface area contributed by atoms with Gasteiger partial charge in [-0.05, 0) is 12.1 Å². The highest BCUT2D eigenvalue weighted by Gasteiger charge is 2.12. The van der Waals surface area contributed by atoms with E-state index in [0.717, 1.165) is 42.9 Å². The molecular formula is C11H13N3O. The Hall–Kier alpha value is -1.55. The fourth-order valence-electron chi connectivity index (χ4n) is 2.12. The normalized spacial score (nSPS) is 16.3. The molecule has 0 spiro atoms. The Balaban J connectivity index is 2.24. The molecule has 1 aromatic heterocycles. The van der Waals surface area contributed by atoms with Crippen LogP contribution >= 0.6 is 0 Å². The number of phenolic OH excluding ortho intramolecular Hbond substituents is 1. The number of fused-ring (bicyclic) bond motifs is 3. The molecule has 2 heterocycles. The van der Waals surface area contributed by atoms with Crippen molar-refractivity contribution in [3.05, 3.63) is 24.0 Å². The first-order valence-electron chi connectivity index (χ1n) is 5.23. The Bertz CT molecular complexity index is 504. The monoisotopic (exact) mass is 203 g/mol. The van der Waals surface area contributed by atoms with E-state index in [1.54, 1.807) is 12.1 Å². The first kappa shape index (κ1) is 8.73. The van der Waals surface area contributed by atoms with Crippen LogP contribution in [-0.4, -0.2) is 27.7 Å². The van der Waals surface area contributed by atoms with Crippen LogP contribution in [0.5, 0.6) is 5.75 Å². The van der Waals surface area contributed by atoms with Crippen LogP contribution < -0.4 is 5.32 Å². The lowest BCUT2D eigenvalue weighted by Crippen LogP contribution is -2.17. The summed E-state index contributed by atoms with van der Waals surface area (Å²) in [5.74, 6) is 1.42. The van der Waals surface area contributed by atoms with Gasteiger partial charge in [-0.25, -0.2) is 4.98 Å². The smallest absolute Gasteiger partial charge is 0.117 e. The van der Waals surface area contributed by atoms with Crippen molar-refractivity contribution in [2.45, 2.75) is 13.0 Å². The van der Waals surface area contributed by atoms with Crippen molar-refractivity contribution in [3.8, 4) is 5.75 Å². The Kier molecular flexibility index (Phi) is 1.89. The summed E-state index contributed by atoms with van der Waals surface area (Å²) in [5, 5.41) is 12.8. The standard InChI is InChI=1S/C11H13N3O/c15-8-1-2-9-10(7-8)14-6-5-12-4-3-11(14)13-9/h1-2,7,12,15H,3-6H2. The quantitative estimate of drug-likeness (QED) is 0.668. The van der Waals surface area contributed by atoms with Gasteiger partial charge in [0.05, 0.1) is 11.0 Å². The molecular weight excluding hydrogens is 190 g/mol. The van der Waals surface area contributed by atoms with Crippen LogP contribution in [0.3, 0.4) is 0 Å². The highest BCUT2D eigenvalue weighted by Crippen LogP contribution is 2.21. The van der Waals surface area contributed by atoms with E-state index >= 15 is 0 Å². The number of hydrogen-bond acceptors (Lipinski definition) is 3. The Labute approximate surface area is 87.5 Å². The molecule has 2 aromatic rings. The average Bonchev–Trinajstić information content (AvgIpc) is 2.44. The van der Waals surface area contributed by atoms with E-state index < -0.39 is 0 Å². The van der Waals surface area contributed by atoms with E-state index in [-0.39, 0.29) is 0 Å². The number of aromatic hydroxyl groups is 1. The molecule has 0 atom stereocenters. The van der Waals surface area contributed by atoms with Gasteiger partial charge in [0.2, 0.25) is 0 Å². The zero-order valence-corrected chi connectivity index (χ0v) is 8.40. The number of imidazole rings is 1. The predicted molar refractivity (Wildman–Crippen MR) is 58.0 cm³/mol. The zero-order valence-electron chi connectivity index (χ0n) is 8.40. The van der Waals surface area contributed by atoms with Gasteiger partial charge in [0.15, 0.2) is 0 Å². The molecule has 1 aliphatic rings. The van der Waals surface area contributed by atoms with Gasteiger partial charge >= 0.3 is 0 Å². The molecule has 0 radical (unpaired) electrons. The lowest BCUT2D eigenvalue weighted by atomic mass is 10.3. The van der Waals surface area contributed by atoms with E-state index in [2.05, 4.69) is 14.9 Å². The van der Waals surface area contributed by atoms with Crippen molar-refractivity contribution in [2.24, 2.45) is 0 Å². The maximum atomic E-state index is 9.46. The minimum absolute atomic E-state index is 0.308. The van der Waals surface area contributed by atoms with Gasteiger partial charge in [0.25, 0.3) is 0 Å². The van der Waals surface area contributed by atoms with Crippen molar-refractivity contribution in [3.63, 3.8) is 0 Å². The van der Waals surface area contributed by atoms with E-state index in [1.807, 2.05) is 6.07 Å². The van der Waals surface area contributed by atoms with Gasteiger partial charge < -0.3 is 15.0 Å². The number of rotatable bonds is 0. The number of nitrogens with one attached hydrogen (secondary N) is 1. The summed E-state index contributed by atoms with van der Waals surface area (Å²) >= 11 is 0. The molecule has 78 valence electrons. The fourth-order valence-corrected chi connectivity index (χ4v) is 2.12. The van der Waals surface area contributed by atoms with Crippen molar-refractivity contribution in [1.82, 2.24) is 14.9 Å². The lowest BCUT2D eigenvalue weighted by molar-refractivity contribution is 0.476. The highest BCUT2D eigenvalue weighted by atomic mass is 16.3. The number of nitrogens with zero attached hydrogens (tertiary/aromatic N) is 2. The van der Waals surface area contributed by atoms with Crippen molar-refractivity contribution in [1.29, 1.82) is 0 Å². The molecule has 4 nitrogen and oxygen atoms in total. The minimum Gasteiger partial charge on any atom is -0.508 e. The van der Waals surface area contributed by atoms with Gasteiger partial charge in [0, 0.05) is 32.1 Å². The van der Waals surface area contributed by atoms with Crippen LogP contribution in [-0.2, 0) is 13.0 Å². The van der Waals surface area contributed by atoms with E-state index in [1.165, 1.54) is 0 Å². The maximum absolute atomic E-state index is 9.46. The van der Waals surface area contributed by atoms with Gasteiger partial charge in [-0.15, -0.1) is 0 Å². The van der Waals surface area contributed by atoms with Crippen LogP contribution in [0.25, 0.3) is 11.0 Å². The van der Waals surface area contributed by atoms with Gasteiger partial charge in [-0.3, -0.25) is 0 Å². The van der Waals surface area contributed by atoms with Gasteiger partial charge in [0.1, 0.15) is 11.6 Å². The Morgan fingerprint density at radius 1 is 1.33 bits per heavy atom. The third-order valence-corrected chi connectivity index (χ3v) is 2.85. The molecule has 0 saturated heterocycles. The van der Waals surface area contributed by atoms with Crippen LogP contribution in [0, 0.1) is 0 Å². The second-order valence-corrected chi connectivity index (χ2v) is 3.85. The van der Waals surface area contributed by atoms with E-state index in [9.17, 15) is 5.11 Å². The second kappa shape index (κ2) is 3.24. The highest BCUT2D eigenvalue weighted by molar-refractivity contribution is 5.77. The fraction of sp³-hybridized carbons (Fsp3) is 0.364. The molecule has 15 heavy (non-hydrogen) atoms. The lowest BCUT2D eigenvalue weighted by Gasteiger charge is -2.03. The third kappa shape index (κ3) is 1.37.